The van der Waals surface area contributed by atoms with Gasteiger partial charge in [-0.15, -0.1) is 11.3 Å². The topological polar surface area (TPSA) is 15.3 Å². The molecule has 1 aliphatic heterocycles. The molecule has 1 saturated heterocycles. The minimum Gasteiger partial charge on any atom is -0.309 e. The number of likely N-dealkylation sites (N-methyl/N-ethyl adjacent to an activating group) is 1. The van der Waals surface area contributed by atoms with E-state index in [1.165, 1.54) is 36.4 Å². The van der Waals surface area contributed by atoms with Gasteiger partial charge in [0.05, 0.1) is 0 Å². The zero-order valence-corrected chi connectivity index (χ0v) is 14.2. The van der Waals surface area contributed by atoms with Crippen molar-refractivity contribution in [3.05, 3.63) is 58.3 Å². The smallest absolute Gasteiger partial charge is 0.0208 e. The van der Waals surface area contributed by atoms with Gasteiger partial charge in [0.2, 0.25) is 0 Å². The number of nitrogens with one attached hydrogen (secondary N) is 1. The number of piperidine rings is 1. The minimum absolute atomic E-state index is 0.610. The van der Waals surface area contributed by atoms with Gasteiger partial charge < -0.3 is 10.2 Å². The maximum atomic E-state index is 3.77. The fourth-order valence-electron chi connectivity index (χ4n) is 3.43. The van der Waals surface area contributed by atoms with Crippen molar-refractivity contribution in [3.8, 4) is 0 Å². The van der Waals surface area contributed by atoms with Crippen LogP contribution in [0.25, 0.3) is 0 Å². The van der Waals surface area contributed by atoms with Crippen LogP contribution in [0, 0.1) is 5.92 Å². The maximum absolute atomic E-state index is 3.77. The Labute approximate surface area is 138 Å². The summed E-state index contributed by atoms with van der Waals surface area (Å²) in [6, 6.07) is 15.8. The largest absolute Gasteiger partial charge is 0.309 e. The van der Waals surface area contributed by atoms with Crippen LogP contribution >= 0.6 is 11.3 Å². The Morgan fingerprint density at radius 3 is 2.73 bits per heavy atom. The van der Waals surface area contributed by atoms with Crippen molar-refractivity contribution in [1.29, 1.82) is 0 Å². The second-order valence-corrected chi connectivity index (χ2v) is 7.33. The van der Waals surface area contributed by atoms with E-state index in [2.05, 4.69) is 65.0 Å². The molecule has 1 aromatic heterocycles. The van der Waals surface area contributed by atoms with Gasteiger partial charge in [-0.25, -0.2) is 0 Å². The highest BCUT2D eigenvalue weighted by Gasteiger charge is 2.26. The summed E-state index contributed by atoms with van der Waals surface area (Å²) in [5.74, 6) is 0.778. The molecule has 0 amide bonds. The third-order valence-corrected chi connectivity index (χ3v) is 5.47. The lowest BCUT2D eigenvalue weighted by Gasteiger charge is -2.37. The molecule has 1 N–H and O–H groups in total. The van der Waals surface area contributed by atoms with Crippen LogP contribution in [0.2, 0.25) is 0 Å². The van der Waals surface area contributed by atoms with Crippen LogP contribution in [0.1, 0.15) is 23.8 Å². The summed E-state index contributed by atoms with van der Waals surface area (Å²) in [4.78, 5) is 4.13. The first-order valence-electron chi connectivity index (χ1n) is 8.35. The summed E-state index contributed by atoms with van der Waals surface area (Å²) in [5, 5.41) is 5.97. The molecule has 2 nitrogen and oxygen atoms in total. The summed E-state index contributed by atoms with van der Waals surface area (Å²) < 4.78 is 0. The lowest BCUT2D eigenvalue weighted by molar-refractivity contribution is 0.146. The molecular weight excluding hydrogens is 288 g/mol. The predicted octanol–water partition coefficient (Wildman–Crippen LogP) is 3.79. The third kappa shape index (κ3) is 4.42. The van der Waals surface area contributed by atoms with Gasteiger partial charge in [0, 0.05) is 30.6 Å². The van der Waals surface area contributed by atoms with Gasteiger partial charge in [-0.3, -0.25) is 0 Å². The molecule has 2 unspecified atom stereocenters. The first-order chi connectivity index (χ1) is 10.8. The Morgan fingerprint density at radius 1 is 1.14 bits per heavy atom. The van der Waals surface area contributed by atoms with Crippen molar-refractivity contribution in [2.75, 3.05) is 19.6 Å². The number of benzene rings is 1. The lowest BCUT2D eigenvalue weighted by atomic mass is 9.90. The van der Waals surface area contributed by atoms with Crippen LogP contribution in [0.4, 0.5) is 0 Å². The summed E-state index contributed by atoms with van der Waals surface area (Å²) in [6.45, 7) is 6.85. The van der Waals surface area contributed by atoms with Crippen LogP contribution in [0.15, 0.2) is 47.8 Å². The Bertz CT molecular complexity index is 538. The van der Waals surface area contributed by atoms with E-state index in [4.69, 9.17) is 0 Å². The predicted molar refractivity (Wildman–Crippen MR) is 95.3 cm³/mol. The van der Waals surface area contributed by atoms with Gasteiger partial charge >= 0.3 is 0 Å². The molecule has 118 valence electrons. The van der Waals surface area contributed by atoms with Crippen LogP contribution in [0.3, 0.4) is 0 Å². The molecule has 1 fully saturated rings. The number of nitrogens with zero attached hydrogens (tertiary/aromatic N) is 1. The molecule has 3 rings (SSSR count). The van der Waals surface area contributed by atoms with E-state index in [0.29, 0.717) is 6.04 Å². The molecule has 0 bridgehead atoms. The molecule has 0 saturated carbocycles. The van der Waals surface area contributed by atoms with E-state index in [9.17, 15) is 0 Å². The van der Waals surface area contributed by atoms with Crippen LogP contribution in [-0.2, 0) is 13.0 Å². The number of hydrogen-bond acceptors (Lipinski definition) is 3. The van der Waals surface area contributed by atoms with Crippen molar-refractivity contribution in [1.82, 2.24) is 10.2 Å². The molecular formula is C19H26N2S. The van der Waals surface area contributed by atoms with E-state index in [-0.39, 0.29) is 0 Å². The highest BCUT2D eigenvalue weighted by molar-refractivity contribution is 7.09. The molecule has 1 aromatic carbocycles. The van der Waals surface area contributed by atoms with E-state index >= 15 is 0 Å². The number of likely N-dealkylation sites (tertiary alicyclic amines) is 1. The zero-order valence-electron chi connectivity index (χ0n) is 13.4. The number of rotatable bonds is 6. The second-order valence-electron chi connectivity index (χ2n) is 6.30. The molecule has 0 radical (unpaired) electrons. The minimum atomic E-state index is 0.610. The van der Waals surface area contributed by atoms with Gasteiger partial charge in [-0.1, -0.05) is 43.3 Å². The molecule has 2 heterocycles. The maximum Gasteiger partial charge on any atom is 0.0208 e. The van der Waals surface area contributed by atoms with Crippen molar-refractivity contribution >= 4 is 11.3 Å². The van der Waals surface area contributed by atoms with Crippen LogP contribution in [0.5, 0.6) is 0 Å². The monoisotopic (exact) mass is 314 g/mol. The molecule has 1 aliphatic rings. The first kappa shape index (κ1) is 15.7. The lowest BCUT2D eigenvalue weighted by Crippen LogP contribution is -2.49. The normalized spacial score (nSPS) is 22.8. The zero-order chi connectivity index (χ0) is 15.2. The van der Waals surface area contributed by atoms with E-state index in [0.717, 1.165) is 19.0 Å². The van der Waals surface area contributed by atoms with Crippen LogP contribution in [-0.4, -0.2) is 30.6 Å². The Kier molecular flexibility index (Phi) is 5.65. The van der Waals surface area contributed by atoms with Gasteiger partial charge in [-0.05, 0) is 42.3 Å². The highest BCUT2D eigenvalue weighted by Crippen LogP contribution is 2.23. The van der Waals surface area contributed by atoms with Crippen molar-refractivity contribution in [2.45, 2.75) is 32.4 Å². The van der Waals surface area contributed by atoms with Gasteiger partial charge in [-0.2, -0.15) is 0 Å². The summed E-state index contributed by atoms with van der Waals surface area (Å²) in [6.07, 6.45) is 2.53. The molecule has 0 aliphatic carbocycles. The van der Waals surface area contributed by atoms with Gasteiger partial charge in [0.25, 0.3) is 0 Å². The first-order valence-corrected chi connectivity index (χ1v) is 9.23. The van der Waals surface area contributed by atoms with Gasteiger partial charge in [0.15, 0.2) is 0 Å². The molecule has 3 heteroatoms. The van der Waals surface area contributed by atoms with E-state index in [1.54, 1.807) is 0 Å². The fraction of sp³-hybridized carbons (Fsp3) is 0.474. The van der Waals surface area contributed by atoms with E-state index in [1.807, 2.05) is 11.3 Å². The van der Waals surface area contributed by atoms with Crippen molar-refractivity contribution < 1.29 is 0 Å². The van der Waals surface area contributed by atoms with E-state index < -0.39 is 0 Å². The molecule has 2 aromatic rings. The van der Waals surface area contributed by atoms with Crippen LogP contribution < -0.4 is 5.32 Å². The molecule has 0 spiro atoms. The SMILES string of the molecule is CCN1CC(Cc2cccs2)CC(NCc2ccccc2)C1. The van der Waals surface area contributed by atoms with Crippen molar-refractivity contribution in [3.63, 3.8) is 0 Å². The fourth-order valence-corrected chi connectivity index (χ4v) is 4.25. The Hall–Kier alpha value is -1.16. The van der Waals surface area contributed by atoms with Crippen molar-refractivity contribution in [2.24, 2.45) is 5.92 Å². The molecule has 2 atom stereocenters. The quantitative estimate of drug-likeness (QED) is 0.872. The third-order valence-electron chi connectivity index (χ3n) is 4.57. The standard InChI is InChI=1S/C19H26N2S/c1-2-21-14-17(12-19-9-6-10-22-19)11-18(15-21)20-13-16-7-4-3-5-8-16/h3-10,17-18,20H,2,11-15H2,1H3. The summed E-state index contributed by atoms with van der Waals surface area (Å²) in [5.41, 5.74) is 1.38. The second kappa shape index (κ2) is 7.91. The average Bonchev–Trinajstić information content (AvgIpc) is 3.06. The molecule has 22 heavy (non-hydrogen) atoms. The Morgan fingerprint density at radius 2 is 2.00 bits per heavy atom. The number of hydrogen-bond donors (Lipinski definition) is 1. The summed E-state index contributed by atoms with van der Waals surface area (Å²) >= 11 is 1.90. The van der Waals surface area contributed by atoms with Gasteiger partial charge in [0.1, 0.15) is 0 Å². The summed E-state index contributed by atoms with van der Waals surface area (Å²) in [7, 11) is 0. The highest BCUT2D eigenvalue weighted by atomic mass is 32.1. The average molecular weight is 314 g/mol. The number of thiophene rings is 1. The Balaban J connectivity index is 1.56.